The summed E-state index contributed by atoms with van der Waals surface area (Å²) in [6.45, 7) is 4.12. The first-order valence-corrected chi connectivity index (χ1v) is 10.8. The molecule has 1 heterocycles. The van der Waals surface area contributed by atoms with E-state index in [2.05, 4.69) is 36.5 Å². The van der Waals surface area contributed by atoms with E-state index in [9.17, 15) is 4.79 Å². The van der Waals surface area contributed by atoms with Gasteiger partial charge in [-0.25, -0.2) is 4.98 Å². The summed E-state index contributed by atoms with van der Waals surface area (Å²) in [4.78, 5) is 17.1. The summed E-state index contributed by atoms with van der Waals surface area (Å²) in [7, 11) is 0. The normalized spacial score (nSPS) is 10.9. The fourth-order valence-electron chi connectivity index (χ4n) is 2.90. The second-order valence-corrected chi connectivity index (χ2v) is 9.01. The van der Waals surface area contributed by atoms with Crippen LogP contribution in [0.25, 0.3) is 10.2 Å². The molecule has 0 radical (unpaired) electrons. The summed E-state index contributed by atoms with van der Waals surface area (Å²) >= 11 is 3.41. The number of hydrogen-bond donors (Lipinski definition) is 1. The number of nitrogens with zero attached hydrogens (tertiary/aromatic N) is 1. The number of hydrogen-bond acceptors (Lipinski definition) is 4. The van der Waals surface area contributed by atoms with Gasteiger partial charge in [-0.05, 0) is 49.7 Å². The summed E-state index contributed by atoms with van der Waals surface area (Å²) in [6.07, 6.45) is 0. The number of aromatic nitrogens is 1. The molecule has 140 valence electrons. The number of carbonyl (C=O) groups is 1. The molecule has 0 saturated carbocycles. The van der Waals surface area contributed by atoms with Crippen molar-refractivity contribution in [2.75, 3.05) is 5.32 Å². The van der Waals surface area contributed by atoms with Gasteiger partial charge in [0.25, 0.3) is 5.91 Å². The molecule has 0 aliphatic carbocycles. The molecule has 0 atom stereocenters. The minimum atomic E-state index is -0.0992. The van der Waals surface area contributed by atoms with Gasteiger partial charge in [-0.15, -0.1) is 11.3 Å². The quantitative estimate of drug-likeness (QED) is 0.388. The van der Waals surface area contributed by atoms with E-state index in [4.69, 9.17) is 4.98 Å². The molecule has 3 nitrogen and oxygen atoms in total. The lowest BCUT2D eigenvalue weighted by molar-refractivity contribution is 0.102. The summed E-state index contributed by atoms with van der Waals surface area (Å²) in [6, 6.07) is 22.0. The molecule has 0 saturated heterocycles. The van der Waals surface area contributed by atoms with E-state index in [1.807, 2.05) is 49.4 Å². The van der Waals surface area contributed by atoms with Gasteiger partial charge in [0.1, 0.15) is 0 Å². The minimum Gasteiger partial charge on any atom is -0.322 e. The molecule has 0 unspecified atom stereocenters. The van der Waals surface area contributed by atoms with Crippen molar-refractivity contribution in [3.05, 3.63) is 89.0 Å². The molecule has 1 aromatic heterocycles. The second kappa shape index (κ2) is 8.17. The smallest absolute Gasteiger partial charge is 0.255 e. The summed E-state index contributed by atoms with van der Waals surface area (Å²) < 4.78 is 2.12. The van der Waals surface area contributed by atoms with Crippen LogP contribution in [0.5, 0.6) is 0 Å². The van der Waals surface area contributed by atoms with E-state index in [0.29, 0.717) is 5.56 Å². The third-order valence-corrected chi connectivity index (χ3v) is 6.62. The standard InChI is InChI=1S/C23H20N2OS2/c1-15-6-8-18(9-7-15)22(26)24-19-10-11-20-21(13-19)28-23(25-20)27-14-17-5-3-4-16(2)12-17/h3-13H,14H2,1-2H3,(H,24,26). The predicted octanol–water partition coefficient (Wildman–Crippen LogP) is 6.46. The Morgan fingerprint density at radius 2 is 1.82 bits per heavy atom. The van der Waals surface area contributed by atoms with Crippen LogP contribution in [0.2, 0.25) is 0 Å². The highest BCUT2D eigenvalue weighted by Gasteiger charge is 2.09. The first-order valence-electron chi connectivity index (χ1n) is 9.04. The van der Waals surface area contributed by atoms with Crippen molar-refractivity contribution >= 4 is 44.9 Å². The first kappa shape index (κ1) is 18.7. The molecule has 0 aliphatic heterocycles. The van der Waals surface area contributed by atoms with Crippen molar-refractivity contribution in [1.29, 1.82) is 0 Å². The molecule has 0 spiro atoms. The van der Waals surface area contributed by atoms with Crippen LogP contribution >= 0.6 is 23.1 Å². The molecule has 0 fully saturated rings. The van der Waals surface area contributed by atoms with E-state index in [0.717, 1.165) is 31.6 Å². The van der Waals surface area contributed by atoms with Crippen molar-refractivity contribution in [3.63, 3.8) is 0 Å². The Bertz CT molecular complexity index is 1130. The lowest BCUT2D eigenvalue weighted by atomic mass is 10.1. The monoisotopic (exact) mass is 404 g/mol. The van der Waals surface area contributed by atoms with Gasteiger partial charge in [-0.3, -0.25) is 4.79 Å². The maximum atomic E-state index is 12.4. The zero-order chi connectivity index (χ0) is 19.5. The van der Waals surface area contributed by atoms with Gasteiger partial charge >= 0.3 is 0 Å². The highest BCUT2D eigenvalue weighted by Crippen LogP contribution is 2.33. The molecule has 5 heteroatoms. The van der Waals surface area contributed by atoms with Crippen molar-refractivity contribution < 1.29 is 4.79 Å². The Hall–Kier alpha value is -2.63. The lowest BCUT2D eigenvalue weighted by Crippen LogP contribution is -2.11. The third kappa shape index (κ3) is 4.43. The van der Waals surface area contributed by atoms with E-state index >= 15 is 0 Å². The number of benzene rings is 3. The molecule has 3 aromatic carbocycles. The molecular weight excluding hydrogens is 384 g/mol. The van der Waals surface area contributed by atoms with Crippen molar-refractivity contribution in [1.82, 2.24) is 4.98 Å². The molecule has 4 aromatic rings. The maximum Gasteiger partial charge on any atom is 0.255 e. The summed E-state index contributed by atoms with van der Waals surface area (Å²) in [5.74, 6) is 0.802. The fourth-order valence-corrected chi connectivity index (χ4v) is 4.95. The molecule has 28 heavy (non-hydrogen) atoms. The van der Waals surface area contributed by atoms with Crippen LogP contribution in [0.4, 0.5) is 5.69 Å². The molecule has 0 aliphatic rings. The van der Waals surface area contributed by atoms with Gasteiger partial charge in [0.05, 0.1) is 10.2 Å². The Morgan fingerprint density at radius 3 is 2.61 bits per heavy atom. The van der Waals surface area contributed by atoms with Gasteiger partial charge < -0.3 is 5.32 Å². The zero-order valence-electron chi connectivity index (χ0n) is 15.7. The van der Waals surface area contributed by atoms with Crippen molar-refractivity contribution in [2.45, 2.75) is 23.9 Å². The highest BCUT2D eigenvalue weighted by atomic mass is 32.2. The number of amides is 1. The number of rotatable bonds is 5. The third-order valence-electron chi connectivity index (χ3n) is 4.39. The molecule has 1 N–H and O–H groups in total. The average Bonchev–Trinajstić information content (AvgIpc) is 3.09. The van der Waals surface area contributed by atoms with Gasteiger partial charge in [0.2, 0.25) is 0 Å². The number of aryl methyl sites for hydroxylation is 2. The van der Waals surface area contributed by atoms with Crippen LogP contribution in [-0.2, 0) is 5.75 Å². The summed E-state index contributed by atoms with van der Waals surface area (Å²) in [5, 5.41) is 2.98. The number of fused-ring (bicyclic) bond motifs is 1. The minimum absolute atomic E-state index is 0.0992. The number of nitrogens with one attached hydrogen (secondary N) is 1. The Kier molecular flexibility index (Phi) is 5.46. The van der Waals surface area contributed by atoms with E-state index in [-0.39, 0.29) is 5.91 Å². The number of thiazole rings is 1. The maximum absolute atomic E-state index is 12.4. The van der Waals surface area contributed by atoms with Crippen LogP contribution in [0.3, 0.4) is 0 Å². The number of anilines is 1. The first-order chi connectivity index (χ1) is 13.6. The van der Waals surface area contributed by atoms with Crippen LogP contribution in [0.1, 0.15) is 27.0 Å². The Morgan fingerprint density at radius 1 is 1.00 bits per heavy atom. The van der Waals surface area contributed by atoms with Gasteiger partial charge in [-0.2, -0.15) is 0 Å². The largest absolute Gasteiger partial charge is 0.322 e. The highest BCUT2D eigenvalue weighted by molar-refractivity contribution is 8.00. The van der Waals surface area contributed by atoms with Crippen LogP contribution < -0.4 is 5.32 Å². The molecule has 4 rings (SSSR count). The van der Waals surface area contributed by atoms with Crippen LogP contribution in [0, 0.1) is 13.8 Å². The molecule has 1 amide bonds. The summed E-state index contributed by atoms with van der Waals surface area (Å²) in [5.41, 5.74) is 6.12. The van der Waals surface area contributed by atoms with E-state index in [1.54, 1.807) is 23.1 Å². The van der Waals surface area contributed by atoms with E-state index < -0.39 is 0 Å². The lowest BCUT2D eigenvalue weighted by Gasteiger charge is -2.05. The SMILES string of the molecule is Cc1ccc(C(=O)Nc2ccc3nc(SCc4cccc(C)c4)sc3c2)cc1. The average molecular weight is 405 g/mol. The topological polar surface area (TPSA) is 42.0 Å². The van der Waals surface area contributed by atoms with Crippen LogP contribution in [-0.4, -0.2) is 10.9 Å². The van der Waals surface area contributed by atoms with Gasteiger partial charge in [0, 0.05) is 17.0 Å². The van der Waals surface area contributed by atoms with Crippen LogP contribution in [0.15, 0.2) is 71.1 Å². The van der Waals surface area contributed by atoms with Crippen molar-refractivity contribution in [3.8, 4) is 0 Å². The predicted molar refractivity (Wildman–Crippen MR) is 119 cm³/mol. The Balaban J connectivity index is 1.46. The zero-order valence-corrected chi connectivity index (χ0v) is 17.4. The Labute approximate surface area is 172 Å². The van der Waals surface area contributed by atoms with Gasteiger partial charge in [-0.1, -0.05) is 59.3 Å². The van der Waals surface area contributed by atoms with Crippen molar-refractivity contribution in [2.24, 2.45) is 0 Å². The second-order valence-electron chi connectivity index (χ2n) is 6.76. The number of thioether (sulfide) groups is 1. The molecule has 0 bridgehead atoms. The molecular formula is C23H20N2OS2. The fraction of sp³-hybridized carbons (Fsp3) is 0.130. The van der Waals surface area contributed by atoms with Gasteiger partial charge in [0.15, 0.2) is 4.34 Å². The van der Waals surface area contributed by atoms with E-state index in [1.165, 1.54) is 11.1 Å². The number of carbonyl (C=O) groups excluding carboxylic acids is 1.